The van der Waals surface area contributed by atoms with Gasteiger partial charge >= 0.3 is 0 Å². The highest BCUT2D eigenvalue weighted by Crippen LogP contribution is 2.30. The molecule has 0 aliphatic carbocycles. The molecule has 0 saturated carbocycles. The molecule has 0 radical (unpaired) electrons. The largest absolute Gasteiger partial charge is 0.464 e. The number of nitrogens with one attached hydrogen (secondary N) is 1. The molecule has 1 unspecified atom stereocenters. The highest BCUT2D eigenvalue weighted by atomic mass is 19.1. The van der Waals surface area contributed by atoms with Crippen LogP contribution in [0.5, 0.6) is 0 Å². The molecule has 1 heterocycles. The van der Waals surface area contributed by atoms with Gasteiger partial charge in [0.25, 0.3) is 0 Å². The highest BCUT2D eigenvalue weighted by molar-refractivity contribution is 5.81. The lowest BCUT2D eigenvalue weighted by Crippen LogP contribution is -2.28. The van der Waals surface area contributed by atoms with Crippen molar-refractivity contribution in [2.45, 2.75) is 13.0 Å². The first-order valence-corrected chi connectivity index (χ1v) is 6.38. The van der Waals surface area contributed by atoms with Gasteiger partial charge in [-0.2, -0.15) is 0 Å². The van der Waals surface area contributed by atoms with Crippen LogP contribution in [-0.4, -0.2) is 0 Å². The molecule has 0 saturated heterocycles. The summed E-state index contributed by atoms with van der Waals surface area (Å²) in [4.78, 5) is 0. The van der Waals surface area contributed by atoms with Crippen LogP contribution in [0.3, 0.4) is 0 Å². The average Bonchev–Trinajstić information content (AvgIpc) is 2.83. The molecule has 1 atom stereocenters. The number of hydrazine groups is 1. The van der Waals surface area contributed by atoms with Crippen LogP contribution in [0.2, 0.25) is 0 Å². The third kappa shape index (κ3) is 2.19. The molecule has 1 aromatic heterocycles. The molecule has 20 heavy (non-hydrogen) atoms. The van der Waals surface area contributed by atoms with Gasteiger partial charge in [0.1, 0.15) is 11.4 Å². The van der Waals surface area contributed by atoms with Gasteiger partial charge in [-0.25, -0.2) is 9.82 Å². The topological polar surface area (TPSA) is 51.2 Å². The number of hydrogen-bond donors (Lipinski definition) is 2. The van der Waals surface area contributed by atoms with Crippen LogP contribution >= 0.6 is 0 Å². The number of halogens is 1. The quantitative estimate of drug-likeness (QED) is 0.566. The molecule has 0 aliphatic heterocycles. The van der Waals surface area contributed by atoms with Crippen LogP contribution in [0, 0.1) is 12.7 Å². The first kappa shape index (κ1) is 12.8. The number of hydrogen-bond acceptors (Lipinski definition) is 3. The molecule has 4 heteroatoms. The summed E-state index contributed by atoms with van der Waals surface area (Å²) in [7, 11) is 0. The van der Waals surface area contributed by atoms with Crippen molar-refractivity contribution in [1.29, 1.82) is 0 Å². The van der Waals surface area contributed by atoms with E-state index >= 15 is 0 Å². The summed E-state index contributed by atoms with van der Waals surface area (Å²) >= 11 is 0. The summed E-state index contributed by atoms with van der Waals surface area (Å²) in [5.41, 5.74) is 6.05. The molecule has 3 N–H and O–H groups in total. The molecule has 2 aromatic carbocycles. The van der Waals surface area contributed by atoms with Gasteiger partial charge in [-0.3, -0.25) is 5.84 Å². The fraction of sp³-hybridized carbons (Fsp3) is 0.125. The molecular formula is C16H15FN2O. The maximum absolute atomic E-state index is 13.6. The number of furan rings is 1. The van der Waals surface area contributed by atoms with Gasteiger partial charge < -0.3 is 4.42 Å². The molecule has 0 amide bonds. The van der Waals surface area contributed by atoms with E-state index in [4.69, 9.17) is 10.3 Å². The van der Waals surface area contributed by atoms with Crippen molar-refractivity contribution in [3.8, 4) is 0 Å². The molecule has 0 fully saturated rings. The molecule has 3 rings (SSSR count). The maximum atomic E-state index is 13.6. The lowest BCUT2D eigenvalue weighted by atomic mass is 9.97. The standard InChI is InChI=1S/C16H15FN2O/c1-10-6-11(8-12(17)7-10)16(19-18)14-9-20-15-5-3-2-4-13(14)15/h2-9,16,19H,18H2,1H3. The van der Waals surface area contributed by atoms with E-state index in [-0.39, 0.29) is 11.9 Å². The molecule has 0 aliphatic rings. The zero-order valence-corrected chi connectivity index (χ0v) is 11.1. The third-order valence-corrected chi connectivity index (χ3v) is 3.39. The number of benzene rings is 2. The first-order valence-electron chi connectivity index (χ1n) is 6.38. The Morgan fingerprint density at radius 3 is 2.75 bits per heavy atom. The van der Waals surface area contributed by atoms with E-state index in [1.165, 1.54) is 12.1 Å². The van der Waals surface area contributed by atoms with E-state index in [0.29, 0.717) is 0 Å². The number of fused-ring (bicyclic) bond motifs is 1. The summed E-state index contributed by atoms with van der Waals surface area (Å²) in [6.07, 6.45) is 1.66. The maximum Gasteiger partial charge on any atom is 0.134 e. The molecular weight excluding hydrogens is 255 g/mol. The zero-order chi connectivity index (χ0) is 14.1. The Bertz CT molecular complexity index is 731. The van der Waals surface area contributed by atoms with E-state index < -0.39 is 0 Å². The summed E-state index contributed by atoms with van der Waals surface area (Å²) in [6.45, 7) is 1.85. The molecule has 3 aromatic rings. The van der Waals surface area contributed by atoms with Crippen LogP contribution in [0.25, 0.3) is 11.0 Å². The van der Waals surface area contributed by atoms with Crippen molar-refractivity contribution in [2.24, 2.45) is 5.84 Å². The Morgan fingerprint density at radius 1 is 1.20 bits per heavy atom. The lowest BCUT2D eigenvalue weighted by molar-refractivity contribution is 0.579. The normalized spacial score (nSPS) is 12.8. The van der Waals surface area contributed by atoms with Gasteiger partial charge in [-0.05, 0) is 36.2 Å². The minimum absolute atomic E-state index is 0.270. The van der Waals surface area contributed by atoms with Gasteiger partial charge in [0, 0.05) is 10.9 Å². The minimum atomic E-state index is -0.312. The Kier molecular flexibility index (Phi) is 3.26. The van der Waals surface area contributed by atoms with Crippen LogP contribution in [0.1, 0.15) is 22.7 Å². The summed E-state index contributed by atoms with van der Waals surface area (Å²) in [5.74, 6) is 5.40. The highest BCUT2D eigenvalue weighted by Gasteiger charge is 2.18. The smallest absolute Gasteiger partial charge is 0.134 e. The predicted molar refractivity (Wildman–Crippen MR) is 76.5 cm³/mol. The number of nitrogens with two attached hydrogens (primary N) is 1. The Labute approximate surface area is 116 Å². The molecule has 0 spiro atoms. The van der Waals surface area contributed by atoms with E-state index in [1.807, 2.05) is 37.3 Å². The molecule has 3 nitrogen and oxygen atoms in total. The SMILES string of the molecule is Cc1cc(F)cc(C(NN)c2coc3ccccc23)c1. The van der Waals surface area contributed by atoms with E-state index in [2.05, 4.69) is 5.43 Å². The number of aryl methyl sites for hydroxylation is 1. The average molecular weight is 270 g/mol. The van der Waals surface area contributed by atoms with Crippen molar-refractivity contribution in [3.63, 3.8) is 0 Å². The van der Waals surface area contributed by atoms with Gasteiger partial charge in [-0.1, -0.05) is 24.3 Å². The van der Waals surface area contributed by atoms with Gasteiger partial charge in [0.05, 0.1) is 12.3 Å². The van der Waals surface area contributed by atoms with Crippen molar-refractivity contribution in [2.75, 3.05) is 0 Å². The Balaban J connectivity index is 2.14. The van der Waals surface area contributed by atoms with E-state index in [1.54, 1.807) is 6.26 Å². The van der Waals surface area contributed by atoms with Crippen molar-refractivity contribution in [3.05, 3.63) is 71.2 Å². The third-order valence-electron chi connectivity index (χ3n) is 3.39. The predicted octanol–water partition coefficient (Wildman–Crippen LogP) is 3.43. The second kappa shape index (κ2) is 5.07. The number of para-hydroxylation sites is 1. The van der Waals surface area contributed by atoms with E-state index in [0.717, 1.165) is 27.7 Å². The lowest BCUT2D eigenvalue weighted by Gasteiger charge is -2.16. The Morgan fingerprint density at radius 2 is 2.00 bits per heavy atom. The second-order valence-electron chi connectivity index (χ2n) is 4.85. The molecule has 102 valence electrons. The summed E-state index contributed by atoms with van der Waals surface area (Å²) < 4.78 is 19.1. The van der Waals surface area contributed by atoms with E-state index in [9.17, 15) is 4.39 Å². The van der Waals surface area contributed by atoms with Crippen LogP contribution in [0.4, 0.5) is 4.39 Å². The van der Waals surface area contributed by atoms with Crippen LogP contribution < -0.4 is 11.3 Å². The number of rotatable bonds is 3. The van der Waals surface area contributed by atoms with Crippen molar-refractivity contribution >= 4 is 11.0 Å². The summed E-state index contributed by atoms with van der Waals surface area (Å²) in [5, 5.41) is 0.970. The monoisotopic (exact) mass is 270 g/mol. The minimum Gasteiger partial charge on any atom is -0.464 e. The van der Waals surface area contributed by atoms with Crippen molar-refractivity contribution < 1.29 is 8.81 Å². The van der Waals surface area contributed by atoms with Crippen LogP contribution in [-0.2, 0) is 0 Å². The van der Waals surface area contributed by atoms with Gasteiger partial charge in [-0.15, -0.1) is 0 Å². The van der Waals surface area contributed by atoms with Crippen LogP contribution in [0.15, 0.2) is 53.1 Å². The zero-order valence-electron chi connectivity index (χ0n) is 11.1. The van der Waals surface area contributed by atoms with Gasteiger partial charge in [0.2, 0.25) is 0 Å². The fourth-order valence-electron chi connectivity index (χ4n) is 2.52. The fourth-order valence-corrected chi connectivity index (χ4v) is 2.52. The molecule has 0 bridgehead atoms. The van der Waals surface area contributed by atoms with Crippen molar-refractivity contribution in [1.82, 2.24) is 5.43 Å². The summed E-state index contributed by atoms with van der Waals surface area (Å²) in [6, 6.07) is 12.3. The Hall–Kier alpha value is -2.17. The van der Waals surface area contributed by atoms with Gasteiger partial charge in [0.15, 0.2) is 0 Å². The first-order chi connectivity index (χ1) is 9.69. The second-order valence-corrected chi connectivity index (χ2v) is 4.85.